The van der Waals surface area contributed by atoms with Crippen molar-refractivity contribution in [1.29, 1.82) is 0 Å². The highest BCUT2D eigenvalue weighted by molar-refractivity contribution is 9.10. The molecule has 88 valence electrons. The third kappa shape index (κ3) is 3.99. The second-order valence-corrected chi connectivity index (χ2v) is 4.66. The summed E-state index contributed by atoms with van der Waals surface area (Å²) >= 11 is 3.57. The molecule has 16 heavy (non-hydrogen) atoms. The normalized spacial score (nSPS) is 10.2. The molecule has 0 radical (unpaired) electrons. The second kappa shape index (κ2) is 6.71. The predicted octanol–water partition coefficient (Wildman–Crippen LogP) is 3.30. The second-order valence-electron chi connectivity index (χ2n) is 3.87. The summed E-state index contributed by atoms with van der Waals surface area (Å²) in [5.74, 6) is 0.873. The molecule has 0 spiro atoms. The molecule has 0 heterocycles. The number of benzene rings is 1. The zero-order chi connectivity index (χ0) is 12.0. The molecule has 2 N–H and O–H groups in total. The Labute approximate surface area is 106 Å². The van der Waals surface area contributed by atoms with E-state index in [4.69, 9.17) is 10.5 Å². The van der Waals surface area contributed by atoms with Gasteiger partial charge in [-0.3, -0.25) is 0 Å². The molecular weight excluding hydrogens is 266 g/mol. The highest BCUT2D eigenvalue weighted by Gasteiger charge is 2.06. The molecule has 3 heteroatoms. The lowest BCUT2D eigenvalue weighted by molar-refractivity contribution is 0.350. The maximum atomic E-state index is 5.64. The van der Waals surface area contributed by atoms with E-state index < -0.39 is 0 Å². The van der Waals surface area contributed by atoms with E-state index in [2.05, 4.69) is 28.6 Å². The average molecular weight is 284 g/mol. The monoisotopic (exact) mass is 283 g/mol. The maximum Gasteiger partial charge on any atom is 0.134 e. The molecule has 1 aromatic rings. The highest BCUT2D eigenvalue weighted by atomic mass is 79.9. The van der Waals surface area contributed by atoms with Crippen molar-refractivity contribution in [3.05, 3.63) is 40.4 Å². The minimum absolute atomic E-state index is 0.555. The van der Waals surface area contributed by atoms with Crippen molar-refractivity contribution in [2.75, 3.05) is 13.2 Å². The van der Waals surface area contributed by atoms with Gasteiger partial charge in [-0.1, -0.05) is 18.7 Å². The van der Waals surface area contributed by atoms with E-state index in [-0.39, 0.29) is 0 Å². The number of ether oxygens (including phenoxy) is 1. The first-order chi connectivity index (χ1) is 7.65. The molecule has 0 aliphatic heterocycles. The Morgan fingerprint density at radius 1 is 1.50 bits per heavy atom. The van der Waals surface area contributed by atoms with Crippen LogP contribution in [0.4, 0.5) is 0 Å². The van der Waals surface area contributed by atoms with Crippen LogP contribution >= 0.6 is 15.9 Å². The van der Waals surface area contributed by atoms with Crippen LogP contribution in [-0.4, -0.2) is 13.2 Å². The highest BCUT2D eigenvalue weighted by Crippen LogP contribution is 2.29. The molecule has 0 unspecified atom stereocenters. The van der Waals surface area contributed by atoms with Crippen molar-refractivity contribution in [1.82, 2.24) is 0 Å². The van der Waals surface area contributed by atoms with Gasteiger partial charge in [0.2, 0.25) is 0 Å². The molecule has 0 amide bonds. The first-order valence-corrected chi connectivity index (χ1v) is 6.19. The molecule has 0 saturated carbocycles. The van der Waals surface area contributed by atoms with Crippen LogP contribution in [0.5, 0.6) is 5.75 Å². The molecule has 0 saturated heterocycles. The standard InChI is InChI=1S/C13H18BrNO/c1-10(2)9-16-12-7-3-5-11(13(12)14)6-4-8-15/h3,5,7H,1,4,6,8-9,15H2,2H3. The number of nitrogens with two attached hydrogens (primary N) is 1. The summed E-state index contributed by atoms with van der Waals surface area (Å²) in [6.45, 7) is 7.03. The summed E-state index contributed by atoms with van der Waals surface area (Å²) in [4.78, 5) is 0. The van der Waals surface area contributed by atoms with Crippen molar-refractivity contribution in [3.8, 4) is 5.75 Å². The Hall–Kier alpha value is -0.800. The van der Waals surface area contributed by atoms with Crippen LogP contribution < -0.4 is 10.5 Å². The van der Waals surface area contributed by atoms with Crippen LogP contribution in [0.1, 0.15) is 18.9 Å². The molecule has 0 fully saturated rings. The van der Waals surface area contributed by atoms with Gasteiger partial charge < -0.3 is 10.5 Å². The van der Waals surface area contributed by atoms with Crippen LogP contribution in [0.15, 0.2) is 34.8 Å². The number of hydrogen-bond donors (Lipinski definition) is 1. The van der Waals surface area contributed by atoms with E-state index in [1.807, 2.05) is 19.1 Å². The van der Waals surface area contributed by atoms with Gasteiger partial charge in [-0.05, 0) is 59.4 Å². The fraction of sp³-hybridized carbons (Fsp3) is 0.385. The van der Waals surface area contributed by atoms with Gasteiger partial charge in [0.25, 0.3) is 0 Å². The van der Waals surface area contributed by atoms with E-state index in [0.29, 0.717) is 13.2 Å². The quantitative estimate of drug-likeness (QED) is 0.813. The van der Waals surface area contributed by atoms with E-state index in [1.165, 1.54) is 5.56 Å². The van der Waals surface area contributed by atoms with Crippen molar-refractivity contribution in [2.24, 2.45) is 5.73 Å². The average Bonchev–Trinajstić information content (AvgIpc) is 2.26. The lowest BCUT2D eigenvalue weighted by Crippen LogP contribution is -2.02. The molecule has 0 aliphatic carbocycles. The van der Waals surface area contributed by atoms with E-state index in [0.717, 1.165) is 28.6 Å². The van der Waals surface area contributed by atoms with Gasteiger partial charge in [-0.25, -0.2) is 0 Å². The number of hydrogen-bond acceptors (Lipinski definition) is 2. The Kier molecular flexibility index (Phi) is 5.56. The topological polar surface area (TPSA) is 35.2 Å². The van der Waals surface area contributed by atoms with E-state index in [1.54, 1.807) is 0 Å². The van der Waals surface area contributed by atoms with Crippen molar-refractivity contribution in [2.45, 2.75) is 19.8 Å². The summed E-state index contributed by atoms with van der Waals surface area (Å²) in [6.07, 6.45) is 1.96. The lowest BCUT2D eigenvalue weighted by Gasteiger charge is -2.11. The Balaban J connectivity index is 2.73. The van der Waals surface area contributed by atoms with Crippen molar-refractivity contribution < 1.29 is 4.74 Å². The molecular formula is C13H18BrNO. The SMILES string of the molecule is C=C(C)COc1cccc(CCCN)c1Br. The minimum Gasteiger partial charge on any atom is -0.488 e. The first-order valence-electron chi connectivity index (χ1n) is 5.39. The van der Waals surface area contributed by atoms with Gasteiger partial charge in [0, 0.05) is 0 Å². The number of halogens is 1. The van der Waals surface area contributed by atoms with Gasteiger partial charge in [0.15, 0.2) is 0 Å². The first kappa shape index (κ1) is 13.3. The molecule has 0 aromatic heterocycles. The van der Waals surface area contributed by atoms with Crippen LogP contribution in [0, 0.1) is 0 Å². The molecule has 2 nitrogen and oxygen atoms in total. The third-order valence-corrected chi connectivity index (χ3v) is 3.07. The van der Waals surface area contributed by atoms with Crippen LogP contribution in [0.3, 0.4) is 0 Å². The summed E-state index contributed by atoms with van der Waals surface area (Å²) in [5.41, 5.74) is 7.76. The van der Waals surface area contributed by atoms with E-state index >= 15 is 0 Å². The van der Waals surface area contributed by atoms with Crippen LogP contribution in [0.25, 0.3) is 0 Å². The fourth-order valence-corrected chi connectivity index (χ4v) is 1.93. The van der Waals surface area contributed by atoms with Gasteiger partial charge in [0.1, 0.15) is 12.4 Å². The third-order valence-electron chi connectivity index (χ3n) is 2.17. The zero-order valence-corrected chi connectivity index (χ0v) is 11.2. The summed E-state index contributed by atoms with van der Waals surface area (Å²) < 4.78 is 6.67. The fourth-order valence-electron chi connectivity index (χ4n) is 1.35. The Bertz CT molecular complexity index is 363. The van der Waals surface area contributed by atoms with E-state index in [9.17, 15) is 0 Å². The Morgan fingerprint density at radius 2 is 2.25 bits per heavy atom. The summed E-state index contributed by atoms with van der Waals surface area (Å²) in [5, 5.41) is 0. The minimum atomic E-state index is 0.555. The van der Waals surface area contributed by atoms with Crippen molar-refractivity contribution >= 4 is 15.9 Å². The van der Waals surface area contributed by atoms with Crippen LogP contribution in [0.2, 0.25) is 0 Å². The van der Waals surface area contributed by atoms with Gasteiger partial charge in [-0.15, -0.1) is 0 Å². The number of rotatable bonds is 6. The molecule has 0 atom stereocenters. The van der Waals surface area contributed by atoms with Crippen molar-refractivity contribution in [3.63, 3.8) is 0 Å². The van der Waals surface area contributed by atoms with Gasteiger partial charge >= 0.3 is 0 Å². The Morgan fingerprint density at radius 3 is 2.88 bits per heavy atom. The molecule has 0 aliphatic rings. The zero-order valence-electron chi connectivity index (χ0n) is 9.63. The molecule has 1 rings (SSSR count). The molecule has 0 bridgehead atoms. The summed E-state index contributed by atoms with van der Waals surface area (Å²) in [6, 6.07) is 6.05. The van der Waals surface area contributed by atoms with Crippen LogP contribution in [-0.2, 0) is 6.42 Å². The largest absolute Gasteiger partial charge is 0.488 e. The maximum absolute atomic E-state index is 5.64. The summed E-state index contributed by atoms with van der Waals surface area (Å²) in [7, 11) is 0. The van der Waals surface area contributed by atoms with Gasteiger partial charge in [-0.2, -0.15) is 0 Å². The smallest absolute Gasteiger partial charge is 0.134 e. The van der Waals surface area contributed by atoms with Gasteiger partial charge in [0.05, 0.1) is 4.47 Å². The lowest BCUT2D eigenvalue weighted by atomic mass is 10.1. The predicted molar refractivity (Wildman–Crippen MR) is 71.8 cm³/mol. The number of aryl methyl sites for hydroxylation is 1. The molecule has 1 aromatic carbocycles.